The number of hydrogen-bond acceptors (Lipinski definition) is 5. The zero-order valence-corrected chi connectivity index (χ0v) is 12.8. The topological polar surface area (TPSA) is 92.7 Å². The number of hydrogen-bond donors (Lipinski definition) is 2. The molecule has 1 fully saturated rings. The lowest BCUT2D eigenvalue weighted by atomic mass is 9.83. The third kappa shape index (κ3) is 3.61. The number of sulfonamides is 1. The molecule has 1 aromatic carbocycles. The molecule has 0 amide bonds. The van der Waals surface area contributed by atoms with Crippen LogP contribution >= 0.6 is 0 Å². The minimum absolute atomic E-state index is 0.0743. The van der Waals surface area contributed by atoms with Crippen molar-refractivity contribution in [3.63, 3.8) is 0 Å². The van der Waals surface area contributed by atoms with E-state index in [0.717, 1.165) is 0 Å². The smallest absolute Gasteiger partial charge is 0.337 e. The van der Waals surface area contributed by atoms with Crippen LogP contribution in [0.3, 0.4) is 0 Å². The second kappa shape index (κ2) is 6.13. The molecule has 0 atom stereocenters. The highest BCUT2D eigenvalue weighted by atomic mass is 32.2. The SMILES string of the molecule is COC(=O)c1ccc(C)c(S(=O)(=O)NCC2CC(O)C2)c1. The number of nitrogens with one attached hydrogen (secondary N) is 1. The standard InChI is InChI=1S/C14H19NO5S/c1-9-3-4-11(14(17)20-2)7-13(9)21(18,19)15-8-10-5-12(16)6-10/h3-4,7,10,12,15-16H,5-6,8H2,1-2H3. The van der Waals surface area contributed by atoms with Crippen LogP contribution in [0.2, 0.25) is 0 Å². The lowest BCUT2D eigenvalue weighted by Gasteiger charge is -2.31. The Morgan fingerprint density at radius 1 is 1.43 bits per heavy atom. The first-order valence-corrected chi connectivity index (χ1v) is 8.18. The van der Waals surface area contributed by atoms with Crippen molar-refractivity contribution in [2.24, 2.45) is 5.92 Å². The van der Waals surface area contributed by atoms with Crippen LogP contribution in [0.25, 0.3) is 0 Å². The molecule has 0 aliphatic heterocycles. The molecule has 0 unspecified atom stereocenters. The van der Waals surface area contributed by atoms with E-state index in [1.807, 2.05) is 0 Å². The first-order valence-electron chi connectivity index (χ1n) is 6.70. The van der Waals surface area contributed by atoms with Crippen molar-refractivity contribution in [2.75, 3.05) is 13.7 Å². The second-order valence-electron chi connectivity index (χ2n) is 5.32. The Kier molecular flexibility index (Phi) is 4.65. The van der Waals surface area contributed by atoms with Crippen molar-refractivity contribution in [3.05, 3.63) is 29.3 Å². The lowest BCUT2D eigenvalue weighted by Crippen LogP contribution is -2.38. The summed E-state index contributed by atoms with van der Waals surface area (Å²) in [6.07, 6.45) is 0.914. The number of methoxy groups -OCH3 is 1. The molecular formula is C14H19NO5S. The minimum atomic E-state index is -3.68. The van der Waals surface area contributed by atoms with Crippen LogP contribution in [0.1, 0.15) is 28.8 Å². The summed E-state index contributed by atoms with van der Waals surface area (Å²) in [5, 5.41) is 9.20. The monoisotopic (exact) mass is 313 g/mol. The molecule has 0 saturated heterocycles. The van der Waals surface area contributed by atoms with Gasteiger partial charge in [0.15, 0.2) is 0 Å². The molecule has 1 saturated carbocycles. The molecule has 116 valence electrons. The van der Waals surface area contributed by atoms with Crippen molar-refractivity contribution in [3.8, 4) is 0 Å². The van der Waals surface area contributed by atoms with Gasteiger partial charge in [0.05, 0.1) is 23.7 Å². The summed E-state index contributed by atoms with van der Waals surface area (Å²) >= 11 is 0. The van der Waals surface area contributed by atoms with Gasteiger partial charge >= 0.3 is 5.97 Å². The van der Waals surface area contributed by atoms with Gasteiger partial charge in [-0.3, -0.25) is 0 Å². The molecule has 0 heterocycles. The predicted octanol–water partition coefficient (Wildman–Crippen LogP) is 0.831. The van der Waals surface area contributed by atoms with Crippen molar-refractivity contribution < 1.29 is 23.1 Å². The Balaban J connectivity index is 2.16. The van der Waals surface area contributed by atoms with Gasteiger partial charge in [0.25, 0.3) is 0 Å². The molecule has 0 radical (unpaired) electrons. The third-order valence-electron chi connectivity index (χ3n) is 3.67. The summed E-state index contributed by atoms with van der Waals surface area (Å²) in [5.74, 6) is -0.410. The van der Waals surface area contributed by atoms with E-state index in [1.165, 1.54) is 19.2 Å². The van der Waals surface area contributed by atoms with E-state index in [4.69, 9.17) is 0 Å². The van der Waals surface area contributed by atoms with E-state index >= 15 is 0 Å². The zero-order valence-electron chi connectivity index (χ0n) is 12.0. The lowest BCUT2D eigenvalue weighted by molar-refractivity contribution is 0.0453. The van der Waals surface area contributed by atoms with Gasteiger partial charge in [0.1, 0.15) is 0 Å². The van der Waals surface area contributed by atoms with Crippen LogP contribution in [-0.2, 0) is 14.8 Å². The first-order chi connectivity index (χ1) is 9.83. The van der Waals surface area contributed by atoms with Gasteiger partial charge in [-0.15, -0.1) is 0 Å². The maximum Gasteiger partial charge on any atom is 0.337 e. The summed E-state index contributed by atoms with van der Waals surface area (Å²) in [5.41, 5.74) is 0.756. The predicted molar refractivity (Wildman–Crippen MR) is 76.4 cm³/mol. The molecule has 1 aliphatic rings. The molecule has 0 bridgehead atoms. The van der Waals surface area contributed by atoms with Crippen LogP contribution in [-0.4, -0.2) is 39.3 Å². The van der Waals surface area contributed by atoms with Crippen molar-refractivity contribution in [1.82, 2.24) is 4.72 Å². The van der Waals surface area contributed by atoms with E-state index in [1.54, 1.807) is 13.0 Å². The highest BCUT2D eigenvalue weighted by Crippen LogP contribution is 2.27. The molecule has 2 rings (SSSR count). The van der Waals surface area contributed by atoms with E-state index in [0.29, 0.717) is 24.9 Å². The zero-order chi connectivity index (χ0) is 15.6. The summed E-state index contributed by atoms with van der Waals surface area (Å²) < 4.78 is 31.8. The molecule has 1 aliphatic carbocycles. The first kappa shape index (κ1) is 15.9. The number of carbonyl (C=O) groups excluding carboxylic acids is 1. The second-order valence-corrected chi connectivity index (χ2v) is 7.05. The maximum atomic E-state index is 12.3. The average molecular weight is 313 g/mol. The van der Waals surface area contributed by atoms with Gasteiger partial charge in [-0.1, -0.05) is 6.07 Å². The van der Waals surface area contributed by atoms with Gasteiger partial charge in [-0.05, 0) is 43.4 Å². The molecule has 21 heavy (non-hydrogen) atoms. The summed E-state index contributed by atoms with van der Waals surface area (Å²) in [6, 6.07) is 4.43. The molecule has 7 heteroatoms. The van der Waals surface area contributed by atoms with Crippen molar-refractivity contribution >= 4 is 16.0 Å². The Morgan fingerprint density at radius 2 is 2.10 bits per heavy atom. The van der Waals surface area contributed by atoms with Crippen molar-refractivity contribution in [1.29, 1.82) is 0 Å². The summed E-state index contributed by atoms with van der Waals surface area (Å²) in [7, 11) is -2.44. The average Bonchev–Trinajstić information content (AvgIpc) is 2.41. The maximum absolute atomic E-state index is 12.3. The molecule has 0 aromatic heterocycles. The molecule has 1 aromatic rings. The Bertz CT molecular complexity index is 635. The van der Waals surface area contributed by atoms with E-state index in [9.17, 15) is 18.3 Å². The van der Waals surface area contributed by atoms with Gasteiger partial charge < -0.3 is 9.84 Å². The van der Waals surface area contributed by atoms with E-state index in [2.05, 4.69) is 9.46 Å². The number of esters is 1. The number of ether oxygens (including phenoxy) is 1. The minimum Gasteiger partial charge on any atom is -0.465 e. The number of aliphatic hydroxyl groups excluding tert-OH is 1. The van der Waals surface area contributed by atoms with E-state index < -0.39 is 16.0 Å². The fraction of sp³-hybridized carbons (Fsp3) is 0.500. The number of aliphatic hydroxyl groups is 1. The van der Waals surface area contributed by atoms with Crippen LogP contribution in [0, 0.1) is 12.8 Å². The Labute approximate surface area is 124 Å². The third-order valence-corrected chi connectivity index (χ3v) is 5.24. The van der Waals surface area contributed by atoms with Crippen LogP contribution in [0.4, 0.5) is 0 Å². The van der Waals surface area contributed by atoms with Gasteiger partial charge in [0.2, 0.25) is 10.0 Å². The van der Waals surface area contributed by atoms with Gasteiger partial charge in [-0.25, -0.2) is 17.9 Å². The van der Waals surface area contributed by atoms with Crippen molar-refractivity contribution in [2.45, 2.75) is 30.8 Å². The quantitative estimate of drug-likeness (QED) is 0.786. The molecule has 6 nitrogen and oxygen atoms in total. The van der Waals surface area contributed by atoms with Crippen LogP contribution in [0.15, 0.2) is 23.1 Å². The number of carbonyl (C=O) groups is 1. The van der Waals surface area contributed by atoms with Crippen LogP contribution < -0.4 is 4.72 Å². The summed E-state index contributed by atoms with van der Waals surface area (Å²) in [4.78, 5) is 11.6. The molecular weight excluding hydrogens is 294 g/mol. The Hall–Kier alpha value is -1.44. The summed E-state index contributed by atoms with van der Waals surface area (Å²) in [6.45, 7) is 1.96. The largest absolute Gasteiger partial charge is 0.465 e. The fourth-order valence-corrected chi connectivity index (χ4v) is 3.69. The van der Waals surface area contributed by atoms with E-state index in [-0.39, 0.29) is 22.5 Å². The van der Waals surface area contributed by atoms with Gasteiger partial charge in [-0.2, -0.15) is 0 Å². The fourth-order valence-electron chi connectivity index (χ4n) is 2.31. The highest BCUT2D eigenvalue weighted by molar-refractivity contribution is 7.89. The van der Waals surface area contributed by atoms with Crippen LogP contribution in [0.5, 0.6) is 0 Å². The highest BCUT2D eigenvalue weighted by Gasteiger charge is 2.29. The number of aryl methyl sites for hydroxylation is 1. The molecule has 0 spiro atoms. The molecule has 2 N–H and O–H groups in total. The normalized spacial score (nSPS) is 21.7. The number of rotatable bonds is 5. The number of benzene rings is 1. The van der Waals surface area contributed by atoms with Gasteiger partial charge in [0, 0.05) is 6.54 Å². The Morgan fingerprint density at radius 3 is 2.67 bits per heavy atom.